The molecule has 0 radical (unpaired) electrons. The molecule has 2 rings (SSSR count). The molecule has 0 bridgehead atoms. The minimum atomic E-state index is -0.552. The molecule has 25 heavy (non-hydrogen) atoms. The second-order valence-electron chi connectivity index (χ2n) is 6.80. The lowest BCUT2D eigenvalue weighted by molar-refractivity contribution is 0.0141. The minimum absolute atomic E-state index is 0.240. The second-order valence-corrected chi connectivity index (χ2v) is 6.80. The Kier molecular flexibility index (Phi) is 5.66. The molecule has 1 fully saturated rings. The zero-order valence-corrected chi connectivity index (χ0v) is 15.1. The van der Waals surface area contributed by atoms with Crippen LogP contribution in [-0.2, 0) is 9.47 Å². The van der Waals surface area contributed by atoms with Gasteiger partial charge in [-0.05, 0) is 32.9 Å². The van der Waals surface area contributed by atoms with Crippen molar-refractivity contribution in [1.29, 1.82) is 0 Å². The predicted molar refractivity (Wildman–Crippen MR) is 91.5 cm³/mol. The summed E-state index contributed by atoms with van der Waals surface area (Å²) >= 11 is 0. The van der Waals surface area contributed by atoms with E-state index >= 15 is 0 Å². The molecule has 1 saturated heterocycles. The number of benzene rings is 1. The van der Waals surface area contributed by atoms with Gasteiger partial charge in [0.2, 0.25) is 0 Å². The molecule has 1 aromatic rings. The van der Waals surface area contributed by atoms with Crippen molar-refractivity contribution in [2.24, 2.45) is 0 Å². The smallest absolute Gasteiger partial charge is 0.410 e. The van der Waals surface area contributed by atoms with Crippen molar-refractivity contribution in [1.82, 2.24) is 9.80 Å². The Bertz CT molecular complexity index is 658. The average molecular weight is 348 g/mol. The molecule has 2 amide bonds. The van der Waals surface area contributed by atoms with Crippen LogP contribution in [0.4, 0.5) is 4.79 Å². The van der Waals surface area contributed by atoms with E-state index in [1.807, 2.05) is 20.8 Å². The molecule has 0 N–H and O–H groups in total. The van der Waals surface area contributed by atoms with E-state index in [0.717, 1.165) is 0 Å². The van der Waals surface area contributed by atoms with Crippen molar-refractivity contribution >= 4 is 18.0 Å². The zero-order chi connectivity index (χ0) is 18.6. The summed E-state index contributed by atoms with van der Waals surface area (Å²) in [4.78, 5) is 39.9. The maximum absolute atomic E-state index is 12.7. The first-order chi connectivity index (χ1) is 11.7. The van der Waals surface area contributed by atoms with Crippen LogP contribution in [0.15, 0.2) is 24.3 Å². The molecule has 7 heteroatoms. The van der Waals surface area contributed by atoms with Gasteiger partial charge in [-0.15, -0.1) is 0 Å². The van der Waals surface area contributed by atoms with E-state index < -0.39 is 11.6 Å². The maximum Gasteiger partial charge on any atom is 0.410 e. The quantitative estimate of drug-likeness (QED) is 0.766. The van der Waals surface area contributed by atoms with E-state index in [0.29, 0.717) is 31.7 Å². The Labute approximate surface area is 147 Å². The highest BCUT2D eigenvalue weighted by atomic mass is 16.6. The van der Waals surface area contributed by atoms with Crippen molar-refractivity contribution < 1.29 is 23.9 Å². The number of ether oxygens (including phenoxy) is 2. The summed E-state index contributed by atoms with van der Waals surface area (Å²) < 4.78 is 10.1. The van der Waals surface area contributed by atoms with Gasteiger partial charge in [0.15, 0.2) is 0 Å². The van der Waals surface area contributed by atoms with Gasteiger partial charge in [0.05, 0.1) is 18.2 Å². The molecular weight excluding hydrogens is 324 g/mol. The first-order valence-corrected chi connectivity index (χ1v) is 8.17. The first-order valence-electron chi connectivity index (χ1n) is 8.17. The fraction of sp³-hybridized carbons (Fsp3) is 0.500. The fourth-order valence-corrected chi connectivity index (χ4v) is 2.55. The second kappa shape index (κ2) is 7.55. The summed E-state index contributed by atoms with van der Waals surface area (Å²) in [6, 6.07) is 6.56. The van der Waals surface area contributed by atoms with Crippen LogP contribution in [0.5, 0.6) is 0 Å². The number of amides is 2. The van der Waals surface area contributed by atoms with E-state index in [4.69, 9.17) is 9.47 Å². The van der Waals surface area contributed by atoms with Crippen LogP contribution in [-0.4, -0.2) is 66.7 Å². The minimum Gasteiger partial charge on any atom is -0.465 e. The lowest BCUT2D eigenvalue weighted by Crippen LogP contribution is -2.51. The summed E-state index contributed by atoms with van der Waals surface area (Å²) in [7, 11) is 1.28. The van der Waals surface area contributed by atoms with Crippen LogP contribution in [0.3, 0.4) is 0 Å². The Morgan fingerprint density at radius 3 is 1.96 bits per heavy atom. The molecule has 136 valence electrons. The van der Waals surface area contributed by atoms with Crippen molar-refractivity contribution in [2.75, 3.05) is 33.3 Å². The summed E-state index contributed by atoms with van der Waals surface area (Å²) in [5.41, 5.74) is -0.00613. The standard InChI is InChI=1S/C18H24N2O5/c1-18(2,3)25-17(23)20-11-9-19(10-12-20)15(21)13-7-5-6-8-14(13)16(22)24-4/h5-8H,9-12H2,1-4H3. The summed E-state index contributed by atoms with van der Waals surface area (Å²) in [6.07, 6.45) is -0.380. The van der Waals surface area contributed by atoms with E-state index in [1.54, 1.807) is 34.1 Å². The van der Waals surface area contributed by atoms with Gasteiger partial charge in [-0.1, -0.05) is 12.1 Å². The Hall–Kier alpha value is -2.57. The van der Waals surface area contributed by atoms with Gasteiger partial charge < -0.3 is 19.3 Å². The Balaban J connectivity index is 2.03. The average Bonchev–Trinajstić information content (AvgIpc) is 2.59. The van der Waals surface area contributed by atoms with Gasteiger partial charge in [-0.3, -0.25) is 4.79 Å². The zero-order valence-electron chi connectivity index (χ0n) is 15.1. The van der Waals surface area contributed by atoms with Crippen LogP contribution >= 0.6 is 0 Å². The van der Waals surface area contributed by atoms with Gasteiger partial charge in [0, 0.05) is 26.2 Å². The topological polar surface area (TPSA) is 76.2 Å². The van der Waals surface area contributed by atoms with Crippen molar-refractivity contribution in [3.63, 3.8) is 0 Å². The molecule has 0 aliphatic carbocycles. The molecule has 1 aromatic carbocycles. The van der Waals surface area contributed by atoms with Crippen LogP contribution in [0.25, 0.3) is 0 Å². The number of nitrogens with zero attached hydrogens (tertiary/aromatic N) is 2. The number of carbonyl (C=O) groups excluding carboxylic acids is 3. The van der Waals surface area contributed by atoms with Crippen LogP contribution in [0.2, 0.25) is 0 Å². The molecule has 0 aromatic heterocycles. The molecule has 0 spiro atoms. The molecule has 0 atom stereocenters. The van der Waals surface area contributed by atoms with Crippen LogP contribution in [0, 0.1) is 0 Å². The Morgan fingerprint density at radius 2 is 1.44 bits per heavy atom. The molecule has 1 aliphatic rings. The van der Waals surface area contributed by atoms with Gasteiger partial charge in [0.1, 0.15) is 5.60 Å². The fourth-order valence-electron chi connectivity index (χ4n) is 2.55. The first kappa shape index (κ1) is 18.8. The number of rotatable bonds is 2. The lowest BCUT2D eigenvalue weighted by atomic mass is 10.1. The normalized spacial score (nSPS) is 14.9. The van der Waals surface area contributed by atoms with Gasteiger partial charge in [-0.25, -0.2) is 9.59 Å². The largest absolute Gasteiger partial charge is 0.465 e. The maximum atomic E-state index is 12.7. The Morgan fingerprint density at radius 1 is 0.920 bits per heavy atom. The van der Waals surface area contributed by atoms with Gasteiger partial charge in [0.25, 0.3) is 5.91 Å². The summed E-state index contributed by atoms with van der Waals surface area (Å²) in [5.74, 6) is -0.791. The van der Waals surface area contributed by atoms with E-state index in [2.05, 4.69) is 0 Å². The van der Waals surface area contributed by atoms with E-state index in [9.17, 15) is 14.4 Å². The number of methoxy groups -OCH3 is 1. The number of hydrogen-bond donors (Lipinski definition) is 0. The molecule has 1 heterocycles. The SMILES string of the molecule is COC(=O)c1ccccc1C(=O)N1CCN(C(=O)OC(C)(C)C)CC1. The van der Waals surface area contributed by atoms with Gasteiger partial charge >= 0.3 is 12.1 Å². The van der Waals surface area contributed by atoms with Crippen molar-refractivity contribution in [2.45, 2.75) is 26.4 Å². The highest BCUT2D eigenvalue weighted by Crippen LogP contribution is 2.16. The third-order valence-corrected chi connectivity index (χ3v) is 3.78. The number of esters is 1. The molecule has 7 nitrogen and oxygen atoms in total. The molecular formula is C18H24N2O5. The third kappa shape index (κ3) is 4.71. The predicted octanol–water partition coefficient (Wildman–Crippen LogP) is 2.17. The monoisotopic (exact) mass is 348 g/mol. The molecule has 0 saturated carbocycles. The van der Waals surface area contributed by atoms with E-state index in [-0.39, 0.29) is 17.6 Å². The van der Waals surface area contributed by atoms with E-state index in [1.165, 1.54) is 7.11 Å². The van der Waals surface area contributed by atoms with Gasteiger partial charge in [-0.2, -0.15) is 0 Å². The highest BCUT2D eigenvalue weighted by Gasteiger charge is 2.29. The summed E-state index contributed by atoms with van der Waals surface area (Å²) in [5, 5.41) is 0. The highest BCUT2D eigenvalue weighted by molar-refractivity contribution is 6.05. The van der Waals surface area contributed by atoms with Crippen LogP contribution < -0.4 is 0 Å². The van der Waals surface area contributed by atoms with Crippen molar-refractivity contribution in [3.8, 4) is 0 Å². The van der Waals surface area contributed by atoms with Crippen molar-refractivity contribution in [3.05, 3.63) is 35.4 Å². The third-order valence-electron chi connectivity index (χ3n) is 3.78. The molecule has 0 unspecified atom stereocenters. The number of hydrogen-bond acceptors (Lipinski definition) is 5. The number of piperazine rings is 1. The van der Waals surface area contributed by atoms with Crippen LogP contribution in [0.1, 0.15) is 41.5 Å². The molecule has 1 aliphatic heterocycles. The summed E-state index contributed by atoms with van der Waals surface area (Å²) in [6.45, 7) is 6.99. The number of carbonyl (C=O) groups is 3. The lowest BCUT2D eigenvalue weighted by Gasteiger charge is -2.35.